The van der Waals surface area contributed by atoms with Crippen LogP contribution >= 0.6 is 0 Å². The molecule has 0 aromatic rings. The second-order valence-corrected chi connectivity index (χ2v) is 5.46. The number of nitrogens with zero attached hydrogens (tertiary/aromatic N) is 1. The number of piperidine rings is 1. The number of nitrogens with one attached hydrogen (secondary N) is 1. The van der Waals surface area contributed by atoms with E-state index in [0.29, 0.717) is 6.10 Å². The molecular weight excluding hydrogens is 200 g/mol. The largest absolute Gasteiger partial charge is 0.380 e. The van der Waals surface area contributed by atoms with Crippen molar-refractivity contribution in [2.24, 2.45) is 0 Å². The van der Waals surface area contributed by atoms with Crippen LogP contribution < -0.4 is 5.32 Å². The number of methoxy groups -OCH3 is 1. The molecule has 1 rings (SSSR count). The zero-order valence-electron chi connectivity index (χ0n) is 11.4. The summed E-state index contributed by atoms with van der Waals surface area (Å²) in [6.45, 7) is 11.3. The summed E-state index contributed by atoms with van der Waals surface area (Å²) in [5, 5.41) is 3.61. The van der Waals surface area contributed by atoms with Crippen molar-refractivity contribution in [2.75, 3.05) is 33.3 Å². The van der Waals surface area contributed by atoms with Crippen molar-refractivity contribution in [1.82, 2.24) is 10.2 Å². The van der Waals surface area contributed by atoms with Crippen LogP contribution in [0.3, 0.4) is 0 Å². The molecule has 1 heterocycles. The molecule has 1 N–H and O–H groups in total. The van der Waals surface area contributed by atoms with Gasteiger partial charge in [-0.15, -0.1) is 0 Å². The molecule has 1 fully saturated rings. The molecule has 1 saturated heterocycles. The number of likely N-dealkylation sites (tertiary alicyclic amines) is 1. The minimum absolute atomic E-state index is 0.274. The average Bonchev–Trinajstić information content (AvgIpc) is 2.29. The van der Waals surface area contributed by atoms with Gasteiger partial charge in [-0.05, 0) is 39.7 Å². The summed E-state index contributed by atoms with van der Waals surface area (Å²) in [5.74, 6) is 0. The van der Waals surface area contributed by atoms with Crippen LogP contribution in [0.1, 0.15) is 40.0 Å². The molecule has 1 aliphatic rings. The zero-order valence-corrected chi connectivity index (χ0v) is 11.4. The minimum Gasteiger partial charge on any atom is -0.380 e. The molecule has 0 spiro atoms. The molecule has 0 radical (unpaired) electrons. The predicted octanol–water partition coefficient (Wildman–Crippen LogP) is 1.88. The lowest BCUT2D eigenvalue weighted by molar-refractivity contribution is 0.0313. The van der Waals surface area contributed by atoms with Crippen LogP contribution in [0.25, 0.3) is 0 Å². The lowest BCUT2D eigenvalue weighted by atomic mass is 10.0. The van der Waals surface area contributed by atoms with E-state index in [-0.39, 0.29) is 5.54 Å². The first-order chi connectivity index (χ1) is 7.57. The maximum atomic E-state index is 5.43. The average molecular weight is 228 g/mol. The summed E-state index contributed by atoms with van der Waals surface area (Å²) in [5.41, 5.74) is 0.274. The van der Waals surface area contributed by atoms with Crippen LogP contribution in [-0.2, 0) is 4.74 Å². The highest BCUT2D eigenvalue weighted by molar-refractivity contribution is 4.78. The van der Waals surface area contributed by atoms with Crippen molar-refractivity contribution in [3.8, 4) is 0 Å². The molecule has 1 aliphatic heterocycles. The predicted molar refractivity (Wildman–Crippen MR) is 68.8 cm³/mol. The van der Waals surface area contributed by atoms with E-state index in [1.165, 1.54) is 25.8 Å². The fourth-order valence-electron chi connectivity index (χ4n) is 2.09. The van der Waals surface area contributed by atoms with Crippen molar-refractivity contribution in [3.05, 3.63) is 0 Å². The van der Waals surface area contributed by atoms with Gasteiger partial charge in [0.15, 0.2) is 0 Å². The number of hydrogen-bond acceptors (Lipinski definition) is 3. The van der Waals surface area contributed by atoms with Gasteiger partial charge in [-0.3, -0.25) is 4.90 Å². The molecule has 3 heteroatoms. The molecule has 0 bridgehead atoms. The van der Waals surface area contributed by atoms with E-state index in [4.69, 9.17) is 4.74 Å². The summed E-state index contributed by atoms with van der Waals surface area (Å²) in [6.07, 6.45) is 4.12. The molecule has 16 heavy (non-hydrogen) atoms. The quantitative estimate of drug-likeness (QED) is 0.751. The first-order valence-corrected chi connectivity index (χ1v) is 6.57. The van der Waals surface area contributed by atoms with Gasteiger partial charge in [0.2, 0.25) is 0 Å². The van der Waals surface area contributed by atoms with Crippen LogP contribution in [0.4, 0.5) is 0 Å². The Morgan fingerprint density at radius 3 is 2.81 bits per heavy atom. The van der Waals surface area contributed by atoms with Gasteiger partial charge in [0.25, 0.3) is 0 Å². The third-order valence-electron chi connectivity index (χ3n) is 3.71. The molecule has 0 saturated carbocycles. The lowest BCUT2D eigenvalue weighted by Gasteiger charge is -2.33. The smallest absolute Gasteiger partial charge is 0.0698 e. The summed E-state index contributed by atoms with van der Waals surface area (Å²) < 4.78 is 5.43. The fraction of sp³-hybridized carbons (Fsp3) is 1.00. The Morgan fingerprint density at radius 2 is 2.19 bits per heavy atom. The molecule has 96 valence electrons. The molecule has 0 amide bonds. The summed E-state index contributed by atoms with van der Waals surface area (Å²) in [7, 11) is 1.83. The maximum Gasteiger partial charge on any atom is 0.0698 e. The van der Waals surface area contributed by atoms with Crippen molar-refractivity contribution < 1.29 is 4.74 Å². The first kappa shape index (κ1) is 13.9. The highest BCUT2D eigenvalue weighted by Gasteiger charge is 2.19. The normalized spacial score (nSPS) is 23.6. The zero-order chi connectivity index (χ0) is 12.0. The summed E-state index contributed by atoms with van der Waals surface area (Å²) in [4.78, 5) is 2.51. The number of hydrogen-bond donors (Lipinski definition) is 1. The number of rotatable bonds is 6. The summed E-state index contributed by atoms with van der Waals surface area (Å²) in [6, 6.07) is 0. The molecule has 1 unspecified atom stereocenters. The Labute approximate surface area is 101 Å². The number of ether oxygens (including phenoxy) is 1. The van der Waals surface area contributed by atoms with Crippen LogP contribution in [0, 0.1) is 0 Å². The monoisotopic (exact) mass is 228 g/mol. The minimum atomic E-state index is 0.274. The van der Waals surface area contributed by atoms with Gasteiger partial charge in [0.1, 0.15) is 0 Å². The SMILES string of the molecule is CCC(C)(C)NCCN1CCCC(OC)C1. The van der Waals surface area contributed by atoms with E-state index in [1.807, 2.05) is 7.11 Å². The van der Waals surface area contributed by atoms with Crippen LogP contribution in [0.5, 0.6) is 0 Å². The third kappa shape index (κ3) is 4.81. The van der Waals surface area contributed by atoms with E-state index in [1.54, 1.807) is 0 Å². The second-order valence-electron chi connectivity index (χ2n) is 5.46. The van der Waals surface area contributed by atoms with Gasteiger partial charge >= 0.3 is 0 Å². The lowest BCUT2D eigenvalue weighted by Crippen LogP contribution is -2.46. The Kier molecular flexibility index (Phi) is 5.73. The van der Waals surface area contributed by atoms with E-state index in [9.17, 15) is 0 Å². The second kappa shape index (κ2) is 6.58. The maximum absolute atomic E-state index is 5.43. The highest BCUT2D eigenvalue weighted by atomic mass is 16.5. The third-order valence-corrected chi connectivity index (χ3v) is 3.71. The topological polar surface area (TPSA) is 24.5 Å². The van der Waals surface area contributed by atoms with Crippen molar-refractivity contribution in [1.29, 1.82) is 0 Å². The van der Waals surface area contributed by atoms with E-state index in [0.717, 1.165) is 19.6 Å². The Balaban J connectivity index is 2.17. The Hall–Kier alpha value is -0.120. The van der Waals surface area contributed by atoms with Gasteiger partial charge in [0.05, 0.1) is 6.10 Å². The van der Waals surface area contributed by atoms with Crippen molar-refractivity contribution in [3.63, 3.8) is 0 Å². The Bertz CT molecular complexity index is 194. The van der Waals surface area contributed by atoms with Crippen LogP contribution in [0.2, 0.25) is 0 Å². The van der Waals surface area contributed by atoms with Gasteiger partial charge in [0, 0.05) is 32.3 Å². The van der Waals surface area contributed by atoms with Crippen LogP contribution in [-0.4, -0.2) is 49.8 Å². The van der Waals surface area contributed by atoms with Crippen molar-refractivity contribution >= 4 is 0 Å². The van der Waals surface area contributed by atoms with Gasteiger partial charge < -0.3 is 10.1 Å². The molecule has 0 aliphatic carbocycles. The van der Waals surface area contributed by atoms with Crippen LogP contribution in [0.15, 0.2) is 0 Å². The van der Waals surface area contributed by atoms with Gasteiger partial charge in [-0.2, -0.15) is 0 Å². The van der Waals surface area contributed by atoms with Gasteiger partial charge in [-0.1, -0.05) is 6.92 Å². The summed E-state index contributed by atoms with van der Waals surface area (Å²) >= 11 is 0. The van der Waals surface area contributed by atoms with E-state index in [2.05, 4.69) is 31.0 Å². The van der Waals surface area contributed by atoms with Crippen molar-refractivity contribution in [2.45, 2.75) is 51.7 Å². The van der Waals surface area contributed by atoms with E-state index < -0.39 is 0 Å². The Morgan fingerprint density at radius 1 is 1.44 bits per heavy atom. The molecule has 0 aromatic carbocycles. The molecule has 0 aromatic heterocycles. The molecule has 3 nitrogen and oxygen atoms in total. The standard InChI is InChI=1S/C13H28N2O/c1-5-13(2,3)14-8-10-15-9-6-7-12(11-15)16-4/h12,14H,5-11H2,1-4H3. The molecule has 1 atom stereocenters. The molecular formula is C13H28N2O. The highest BCUT2D eigenvalue weighted by Crippen LogP contribution is 2.12. The van der Waals surface area contributed by atoms with E-state index >= 15 is 0 Å². The first-order valence-electron chi connectivity index (χ1n) is 6.57. The fourth-order valence-corrected chi connectivity index (χ4v) is 2.09. The van der Waals surface area contributed by atoms with Gasteiger partial charge in [-0.25, -0.2) is 0 Å².